The summed E-state index contributed by atoms with van der Waals surface area (Å²) < 4.78 is 5.89. The van der Waals surface area contributed by atoms with Crippen LogP contribution in [-0.2, 0) is 0 Å². The normalized spacial score (nSPS) is 30.5. The molecule has 0 saturated heterocycles. The van der Waals surface area contributed by atoms with E-state index in [0.29, 0.717) is 6.04 Å². The Morgan fingerprint density at radius 3 is 2.68 bits per heavy atom. The highest BCUT2D eigenvalue weighted by Crippen LogP contribution is 2.49. The summed E-state index contributed by atoms with van der Waals surface area (Å²) in [6, 6.07) is 10.6. The van der Waals surface area contributed by atoms with Crippen LogP contribution in [0.3, 0.4) is 0 Å². The van der Waals surface area contributed by atoms with Crippen LogP contribution in [0.5, 0.6) is 5.75 Å². The fourth-order valence-electron chi connectivity index (χ4n) is 4.01. The summed E-state index contributed by atoms with van der Waals surface area (Å²) in [4.78, 5) is 0. The van der Waals surface area contributed by atoms with Gasteiger partial charge in [-0.15, -0.1) is 0 Å². The lowest BCUT2D eigenvalue weighted by molar-refractivity contribution is 0.217. The molecule has 0 aliphatic heterocycles. The molecule has 2 aliphatic rings. The third-order valence-corrected chi connectivity index (χ3v) is 5.07. The minimum absolute atomic E-state index is 0.490. The number of fused-ring (bicyclic) bond motifs is 2. The van der Waals surface area contributed by atoms with Gasteiger partial charge < -0.3 is 10.1 Å². The second kappa shape index (κ2) is 5.96. The molecule has 1 aromatic rings. The van der Waals surface area contributed by atoms with Gasteiger partial charge in [0.15, 0.2) is 0 Å². The lowest BCUT2D eigenvalue weighted by Crippen LogP contribution is -2.34. The van der Waals surface area contributed by atoms with Gasteiger partial charge in [-0.3, -0.25) is 0 Å². The summed E-state index contributed by atoms with van der Waals surface area (Å²) in [5.74, 6) is 3.98. The highest BCUT2D eigenvalue weighted by atomic mass is 16.5. The molecule has 4 atom stereocenters. The summed E-state index contributed by atoms with van der Waals surface area (Å²) >= 11 is 0. The van der Waals surface area contributed by atoms with E-state index in [2.05, 4.69) is 12.4 Å². The molecule has 0 amide bonds. The molecular formula is C17H25NO. The average molecular weight is 259 g/mol. The molecule has 19 heavy (non-hydrogen) atoms. The van der Waals surface area contributed by atoms with Crippen LogP contribution >= 0.6 is 0 Å². The van der Waals surface area contributed by atoms with Gasteiger partial charge in [-0.2, -0.15) is 0 Å². The van der Waals surface area contributed by atoms with Gasteiger partial charge in [0.2, 0.25) is 0 Å². The fraction of sp³-hybridized carbons (Fsp3) is 0.647. The largest absolute Gasteiger partial charge is 0.492 e. The van der Waals surface area contributed by atoms with Crippen molar-refractivity contribution in [2.75, 3.05) is 13.7 Å². The Morgan fingerprint density at radius 1 is 1.21 bits per heavy atom. The van der Waals surface area contributed by atoms with E-state index >= 15 is 0 Å². The van der Waals surface area contributed by atoms with E-state index in [-0.39, 0.29) is 0 Å². The lowest BCUT2D eigenvalue weighted by Gasteiger charge is -2.26. The first-order valence-corrected chi connectivity index (χ1v) is 7.70. The molecule has 2 heteroatoms. The van der Waals surface area contributed by atoms with Gasteiger partial charge in [-0.25, -0.2) is 0 Å². The van der Waals surface area contributed by atoms with Gasteiger partial charge >= 0.3 is 0 Å². The molecule has 1 aromatic carbocycles. The van der Waals surface area contributed by atoms with Gasteiger partial charge in [0.05, 0.1) is 0 Å². The Kier molecular flexibility index (Phi) is 4.07. The zero-order valence-corrected chi connectivity index (χ0v) is 11.8. The molecule has 2 nitrogen and oxygen atoms in total. The topological polar surface area (TPSA) is 21.3 Å². The molecule has 2 fully saturated rings. The van der Waals surface area contributed by atoms with E-state index in [1.165, 1.54) is 32.1 Å². The Balaban J connectivity index is 1.48. The number of para-hydroxylation sites is 1. The maximum atomic E-state index is 5.89. The van der Waals surface area contributed by atoms with Crippen LogP contribution in [0.2, 0.25) is 0 Å². The molecule has 0 heterocycles. The van der Waals surface area contributed by atoms with Crippen molar-refractivity contribution in [3.05, 3.63) is 30.3 Å². The minimum atomic E-state index is 0.490. The number of hydrogen-bond donors (Lipinski definition) is 1. The van der Waals surface area contributed by atoms with Crippen molar-refractivity contribution in [3.63, 3.8) is 0 Å². The predicted molar refractivity (Wildman–Crippen MR) is 78.3 cm³/mol. The quantitative estimate of drug-likeness (QED) is 0.844. The fourth-order valence-corrected chi connectivity index (χ4v) is 4.01. The van der Waals surface area contributed by atoms with E-state index in [1.54, 1.807) is 0 Å². The molecule has 2 bridgehead atoms. The van der Waals surface area contributed by atoms with Gasteiger partial charge in [0.25, 0.3) is 0 Å². The van der Waals surface area contributed by atoms with E-state index in [0.717, 1.165) is 30.1 Å². The van der Waals surface area contributed by atoms with E-state index in [4.69, 9.17) is 4.74 Å². The number of rotatable bonds is 6. The number of benzene rings is 1. The van der Waals surface area contributed by atoms with Crippen LogP contribution < -0.4 is 10.1 Å². The number of hydrogen-bond acceptors (Lipinski definition) is 2. The third kappa shape index (κ3) is 3.11. The average Bonchev–Trinajstić information content (AvgIpc) is 3.07. The second-order valence-electron chi connectivity index (χ2n) is 6.28. The smallest absolute Gasteiger partial charge is 0.119 e. The zero-order chi connectivity index (χ0) is 13.1. The minimum Gasteiger partial charge on any atom is -0.492 e. The SMILES string of the molecule is CNC(COc1ccccc1)CC1CC2CCC1C2. The highest BCUT2D eigenvalue weighted by Gasteiger charge is 2.39. The Morgan fingerprint density at radius 2 is 2.05 bits per heavy atom. The summed E-state index contributed by atoms with van der Waals surface area (Å²) in [7, 11) is 2.06. The molecule has 2 saturated carbocycles. The van der Waals surface area contributed by atoms with Crippen LogP contribution in [-0.4, -0.2) is 19.7 Å². The first kappa shape index (κ1) is 13.0. The maximum absolute atomic E-state index is 5.89. The van der Waals surface area contributed by atoms with Crippen molar-refractivity contribution in [3.8, 4) is 5.75 Å². The Hall–Kier alpha value is -1.02. The van der Waals surface area contributed by atoms with Crippen LogP contribution in [0.15, 0.2) is 30.3 Å². The van der Waals surface area contributed by atoms with Crippen molar-refractivity contribution >= 4 is 0 Å². The van der Waals surface area contributed by atoms with Gasteiger partial charge in [-0.05, 0) is 62.6 Å². The molecule has 0 radical (unpaired) electrons. The van der Waals surface area contributed by atoms with Gasteiger partial charge in [0, 0.05) is 6.04 Å². The van der Waals surface area contributed by atoms with Crippen molar-refractivity contribution in [1.29, 1.82) is 0 Å². The maximum Gasteiger partial charge on any atom is 0.119 e. The van der Waals surface area contributed by atoms with Crippen molar-refractivity contribution in [2.24, 2.45) is 17.8 Å². The van der Waals surface area contributed by atoms with E-state index in [1.807, 2.05) is 30.3 Å². The predicted octanol–water partition coefficient (Wildman–Crippen LogP) is 3.48. The van der Waals surface area contributed by atoms with E-state index < -0.39 is 0 Å². The van der Waals surface area contributed by atoms with Crippen LogP contribution in [0.1, 0.15) is 32.1 Å². The van der Waals surface area contributed by atoms with Gasteiger partial charge in [-0.1, -0.05) is 24.6 Å². The Bertz CT molecular complexity index is 392. The van der Waals surface area contributed by atoms with Crippen LogP contribution in [0.25, 0.3) is 0 Å². The summed E-state index contributed by atoms with van der Waals surface area (Å²) in [6.45, 7) is 0.786. The molecule has 104 valence electrons. The summed E-state index contributed by atoms with van der Waals surface area (Å²) in [5, 5.41) is 3.43. The number of likely N-dealkylation sites (N-methyl/N-ethyl adjacent to an activating group) is 1. The summed E-state index contributed by atoms with van der Waals surface area (Å²) in [5.41, 5.74) is 0. The van der Waals surface area contributed by atoms with Crippen LogP contribution in [0, 0.1) is 17.8 Å². The molecular weight excluding hydrogens is 234 g/mol. The highest BCUT2D eigenvalue weighted by molar-refractivity contribution is 5.20. The lowest BCUT2D eigenvalue weighted by atomic mass is 9.84. The monoisotopic (exact) mass is 259 g/mol. The first-order valence-electron chi connectivity index (χ1n) is 7.70. The van der Waals surface area contributed by atoms with Crippen molar-refractivity contribution in [1.82, 2.24) is 5.32 Å². The van der Waals surface area contributed by atoms with Crippen LogP contribution in [0.4, 0.5) is 0 Å². The Labute approximate surface area is 116 Å². The molecule has 2 aliphatic carbocycles. The molecule has 4 unspecified atom stereocenters. The van der Waals surface area contributed by atoms with Crippen molar-refractivity contribution < 1.29 is 4.74 Å². The molecule has 0 spiro atoms. The molecule has 0 aromatic heterocycles. The number of nitrogens with one attached hydrogen (secondary N) is 1. The standard InChI is InChI=1S/C17H25NO/c1-18-16(12-19-17-5-3-2-4-6-17)11-15-10-13-7-8-14(15)9-13/h2-6,13-16,18H,7-12H2,1H3. The second-order valence-corrected chi connectivity index (χ2v) is 6.28. The van der Waals surface area contributed by atoms with Gasteiger partial charge in [0.1, 0.15) is 12.4 Å². The number of ether oxygens (including phenoxy) is 1. The van der Waals surface area contributed by atoms with Crippen molar-refractivity contribution in [2.45, 2.75) is 38.1 Å². The van der Waals surface area contributed by atoms with E-state index in [9.17, 15) is 0 Å². The molecule has 3 rings (SSSR count). The summed E-state index contributed by atoms with van der Waals surface area (Å²) in [6.07, 6.45) is 7.22. The first-order chi connectivity index (χ1) is 9.35. The zero-order valence-electron chi connectivity index (χ0n) is 11.8. The third-order valence-electron chi connectivity index (χ3n) is 5.07. The molecule has 1 N–H and O–H groups in total.